The Balaban J connectivity index is 1.62. The Morgan fingerprint density at radius 1 is 1.11 bits per heavy atom. The molecular weight excluding hydrogens is 413 g/mol. The van der Waals surface area contributed by atoms with Crippen LogP contribution in [0.2, 0.25) is 0 Å². The summed E-state index contributed by atoms with van der Waals surface area (Å²) in [7, 11) is 0. The SMILES string of the molecule is Cc1cc(C(=O)NCCC(=O)Nc2ccc(Br)cc2)c2ccc(F)cc2n1. The summed E-state index contributed by atoms with van der Waals surface area (Å²) < 4.78 is 14.3. The monoisotopic (exact) mass is 429 g/mol. The minimum Gasteiger partial charge on any atom is -0.351 e. The first kappa shape index (κ1) is 19.0. The Bertz CT molecular complexity index is 1000. The topological polar surface area (TPSA) is 71.1 Å². The molecule has 0 aliphatic heterocycles. The number of nitrogens with zero attached hydrogens (tertiary/aromatic N) is 1. The Kier molecular flexibility index (Phi) is 5.81. The maximum Gasteiger partial charge on any atom is 0.252 e. The van der Waals surface area contributed by atoms with Crippen molar-refractivity contribution in [2.24, 2.45) is 0 Å². The van der Waals surface area contributed by atoms with Gasteiger partial charge in [-0.05, 0) is 49.4 Å². The molecule has 2 N–H and O–H groups in total. The standard InChI is InChI=1S/C20H17BrFN3O2/c1-12-10-17(16-7-4-14(22)11-18(16)24-12)20(27)23-9-8-19(26)25-15-5-2-13(21)3-6-15/h2-7,10-11H,8-9H2,1H3,(H,23,27)(H,25,26). The fraction of sp³-hybridized carbons (Fsp3) is 0.150. The number of nitrogens with one attached hydrogen (secondary N) is 2. The molecule has 138 valence electrons. The minimum absolute atomic E-state index is 0.137. The van der Waals surface area contributed by atoms with Crippen molar-refractivity contribution >= 4 is 44.3 Å². The van der Waals surface area contributed by atoms with Crippen LogP contribution in [-0.4, -0.2) is 23.3 Å². The second kappa shape index (κ2) is 8.26. The molecule has 5 nitrogen and oxygen atoms in total. The van der Waals surface area contributed by atoms with Crippen LogP contribution in [0.1, 0.15) is 22.5 Å². The highest BCUT2D eigenvalue weighted by Crippen LogP contribution is 2.19. The number of amides is 2. The molecule has 7 heteroatoms. The van der Waals surface area contributed by atoms with Gasteiger partial charge in [0.05, 0.1) is 11.1 Å². The summed E-state index contributed by atoms with van der Waals surface area (Å²) in [6, 6.07) is 13.0. The van der Waals surface area contributed by atoms with E-state index in [1.54, 1.807) is 25.1 Å². The van der Waals surface area contributed by atoms with Gasteiger partial charge in [-0.2, -0.15) is 0 Å². The van der Waals surface area contributed by atoms with E-state index in [-0.39, 0.29) is 24.8 Å². The number of rotatable bonds is 5. The maximum atomic E-state index is 13.4. The van der Waals surface area contributed by atoms with Gasteiger partial charge in [0.15, 0.2) is 0 Å². The molecule has 1 heterocycles. The van der Waals surface area contributed by atoms with E-state index in [1.165, 1.54) is 18.2 Å². The summed E-state index contributed by atoms with van der Waals surface area (Å²) in [5.41, 5.74) is 2.14. The van der Waals surface area contributed by atoms with Crippen molar-refractivity contribution in [1.82, 2.24) is 10.3 Å². The van der Waals surface area contributed by atoms with Crippen LogP contribution in [0, 0.1) is 12.7 Å². The first-order chi connectivity index (χ1) is 12.9. The summed E-state index contributed by atoms with van der Waals surface area (Å²) in [6.45, 7) is 1.93. The Morgan fingerprint density at radius 2 is 1.85 bits per heavy atom. The molecule has 1 aromatic heterocycles. The highest BCUT2D eigenvalue weighted by molar-refractivity contribution is 9.10. The number of carbonyl (C=O) groups is 2. The van der Waals surface area contributed by atoms with Gasteiger partial charge >= 0.3 is 0 Å². The average Bonchev–Trinajstić information content (AvgIpc) is 2.62. The van der Waals surface area contributed by atoms with E-state index in [4.69, 9.17) is 0 Å². The number of pyridine rings is 1. The van der Waals surface area contributed by atoms with Crippen molar-refractivity contribution in [1.29, 1.82) is 0 Å². The van der Waals surface area contributed by atoms with E-state index in [0.29, 0.717) is 27.8 Å². The lowest BCUT2D eigenvalue weighted by Crippen LogP contribution is -2.28. The first-order valence-electron chi connectivity index (χ1n) is 8.33. The molecule has 0 atom stereocenters. The fourth-order valence-electron chi connectivity index (χ4n) is 2.66. The van der Waals surface area contributed by atoms with E-state index in [0.717, 1.165) is 4.47 Å². The van der Waals surface area contributed by atoms with E-state index in [1.807, 2.05) is 12.1 Å². The lowest BCUT2D eigenvalue weighted by atomic mass is 10.1. The molecule has 3 aromatic rings. The van der Waals surface area contributed by atoms with Crippen molar-refractivity contribution in [3.05, 3.63) is 70.1 Å². The molecule has 0 aliphatic rings. The Hall–Kier alpha value is -2.80. The summed E-state index contributed by atoms with van der Waals surface area (Å²) in [6.07, 6.45) is 0.137. The zero-order chi connectivity index (χ0) is 19.4. The van der Waals surface area contributed by atoms with Gasteiger partial charge in [0.1, 0.15) is 5.82 Å². The number of aryl methyl sites for hydroxylation is 1. The highest BCUT2D eigenvalue weighted by Gasteiger charge is 2.13. The Morgan fingerprint density at radius 3 is 2.59 bits per heavy atom. The van der Waals surface area contributed by atoms with Crippen LogP contribution in [-0.2, 0) is 4.79 Å². The third-order valence-electron chi connectivity index (χ3n) is 3.91. The smallest absolute Gasteiger partial charge is 0.252 e. The van der Waals surface area contributed by atoms with Gasteiger partial charge in [0, 0.05) is 40.3 Å². The lowest BCUT2D eigenvalue weighted by molar-refractivity contribution is -0.116. The average molecular weight is 430 g/mol. The number of benzene rings is 2. The zero-order valence-electron chi connectivity index (χ0n) is 14.6. The third-order valence-corrected chi connectivity index (χ3v) is 4.44. The molecule has 2 aromatic carbocycles. The summed E-state index contributed by atoms with van der Waals surface area (Å²) >= 11 is 3.33. The first-order valence-corrected chi connectivity index (χ1v) is 9.12. The lowest BCUT2D eigenvalue weighted by Gasteiger charge is -2.10. The number of aromatic nitrogens is 1. The second-order valence-corrected chi connectivity index (χ2v) is 6.95. The van der Waals surface area contributed by atoms with E-state index in [2.05, 4.69) is 31.5 Å². The van der Waals surface area contributed by atoms with Gasteiger partial charge < -0.3 is 10.6 Å². The van der Waals surface area contributed by atoms with Crippen LogP contribution in [0.5, 0.6) is 0 Å². The van der Waals surface area contributed by atoms with Crippen LogP contribution in [0.3, 0.4) is 0 Å². The van der Waals surface area contributed by atoms with Crippen LogP contribution in [0.15, 0.2) is 53.0 Å². The van der Waals surface area contributed by atoms with Crippen LogP contribution in [0.25, 0.3) is 10.9 Å². The minimum atomic E-state index is -0.406. The molecule has 27 heavy (non-hydrogen) atoms. The number of halogens is 2. The van der Waals surface area contributed by atoms with Gasteiger partial charge in [0.25, 0.3) is 5.91 Å². The van der Waals surface area contributed by atoms with Crippen molar-refractivity contribution < 1.29 is 14.0 Å². The molecule has 0 saturated carbocycles. The maximum absolute atomic E-state index is 13.4. The molecule has 2 amide bonds. The zero-order valence-corrected chi connectivity index (χ0v) is 16.1. The molecule has 0 unspecified atom stereocenters. The molecule has 0 radical (unpaired) electrons. The summed E-state index contributed by atoms with van der Waals surface area (Å²) in [5.74, 6) is -0.930. The largest absolute Gasteiger partial charge is 0.351 e. The number of anilines is 1. The van der Waals surface area contributed by atoms with E-state index < -0.39 is 5.82 Å². The molecule has 0 aliphatic carbocycles. The normalized spacial score (nSPS) is 10.6. The predicted octanol–water partition coefficient (Wildman–Crippen LogP) is 4.20. The number of hydrogen-bond donors (Lipinski definition) is 2. The van der Waals surface area contributed by atoms with E-state index in [9.17, 15) is 14.0 Å². The van der Waals surface area contributed by atoms with Crippen molar-refractivity contribution in [3.63, 3.8) is 0 Å². The van der Waals surface area contributed by atoms with Crippen molar-refractivity contribution in [2.75, 3.05) is 11.9 Å². The summed E-state index contributed by atoms with van der Waals surface area (Å²) in [4.78, 5) is 28.8. The van der Waals surface area contributed by atoms with Gasteiger partial charge in [0.2, 0.25) is 5.91 Å². The van der Waals surface area contributed by atoms with Gasteiger partial charge in [-0.3, -0.25) is 14.6 Å². The van der Waals surface area contributed by atoms with Crippen molar-refractivity contribution in [3.8, 4) is 0 Å². The summed E-state index contributed by atoms with van der Waals surface area (Å²) in [5, 5.41) is 6.06. The number of hydrogen-bond acceptors (Lipinski definition) is 3. The van der Waals surface area contributed by atoms with Crippen LogP contribution >= 0.6 is 15.9 Å². The van der Waals surface area contributed by atoms with Gasteiger partial charge in [-0.25, -0.2) is 4.39 Å². The molecule has 0 bridgehead atoms. The highest BCUT2D eigenvalue weighted by atomic mass is 79.9. The second-order valence-electron chi connectivity index (χ2n) is 6.03. The third kappa shape index (κ3) is 4.89. The molecule has 3 rings (SSSR count). The van der Waals surface area contributed by atoms with Crippen LogP contribution in [0.4, 0.5) is 10.1 Å². The fourth-order valence-corrected chi connectivity index (χ4v) is 2.93. The quantitative estimate of drug-likeness (QED) is 0.638. The van der Waals surface area contributed by atoms with Crippen molar-refractivity contribution in [2.45, 2.75) is 13.3 Å². The van der Waals surface area contributed by atoms with Crippen LogP contribution < -0.4 is 10.6 Å². The Labute approximate surface area is 164 Å². The van der Waals surface area contributed by atoms with E-state index >= 15 is 0 Å². The molecular formula is C20H17BrFN3O2. The van der Waals surface area contributed by atoms with Gasteiger partial charge in [-0.1, -0.05) is 15.9 Å². The molecule has 0 spiro atoms. The molecule has 0 saturated heterocycles. The number of carbonyl (C=O) groups excluding carboxylic acids is 2. The van der Waals surface area contributed by atoms with Gasteiger partial charge in [-0.15, -0.1) is 0 Å². The number of fused-ring (bicyclic) bond motifs is 1. The predicted molar refractivity (Wildman–Crippen MR) is 106 cm³/mol. The molecule has 0 fully saturated rings.